The van der Waals surface area contributed by atoms with Gasteiger partial charge in [0.2, 0.25) is 0 Å². The van der Waals surface area contributed by atoms with Crippen LogP contribution in [-0.2, 0) is 18.9 Å². The van der Waals surface area contributed by atoms with Gasteiger partial charge in [-0.25, -0.2) is 0 Å². The van der Waals surface area contributed by atoms with Gasteiger partial charge < -0.3 is 39.1 Å². The van der Waals surface area contributed by atoms with Gasteiger partial charge in [-0.1, -0.05) is 18.7 Å². The molecule has 1 saturated heterocycles. The van der Waals surface area contributed by atoms with Crippen molar-refractivity contribution in [1.82, 2.24) is 4.90 Å². The van der Waals surface area contributed by atoms with Gasteiger partial charge >= 0.3 is 0 Å². The van der Waals surface area contributed by atoms with Gasteiger partial charge in [-0.15, -0.1) is 0 Å². The quantitative estimate of drug-likeness (QED) is 0.633. The molecule has 0 spiro atoms. The van der Waals surface area contributed by atoms with Crippen molar-refractivity contribution in [2.24, 2.45) is 5.73 Å². The summed E-state index contributed by atoms with van der Waals surface area (Å²) in [5.74, 6) is 1.77. The molecule has 1 fully saturated rings. The molecule has 8 nitrogen and oxygen atoms in total. The maximum atomic E-state index is 5.96. The van der Waals surface area contributed by atoms with Crippen LogP contribution in [0.2, 0.25) is 0 Å². The van der Waals surface area contributed by atoms with Gasteiger partial charge in [0.25, 0.3) is 5.95 Å². The Bertz CT molecular complexity index is 651. The van der Waals surface area contributed by atoms with E-state index in [1.54, 1.807) is 6.08 Å². The summed E-state index contributed by atoms with van der Waals surface area (Å²) < 4.78 is 34.2. The van der Waals surface area contributed by atoms with Crippen molar-refractivity contribution in [3.63, 3.8) is 0 Å². The lowest BCUT2D eigenvalue weighted by Crippen LogP contribution is -2.21. The van der Waals surface area contributed by atoms with E-state index >= 15 is 0 Å². The van der Waals surface area contributed by atoms with Crippen molar-refractivity contribution in [2.45, 2.75) is 12.8 Å². The predicted molar refractivity (Wildman–Crippen MR) is 120 cm³/mol. The maximum Gasteiger partial charge on any atom is 0.296 e. The predicted octanol–water partition coefficient (Wildman–Crippen LogP) is 2.64. The van der Waals surface area contributed by atoms with E-state index in [4.69, 9.17) is 34.2 Å². The number of ether oxygens (including phenoxy) is 6. The zero-order valence-electron chi connectivity index (χ0n) is 18.6. The van der Waals surface area contributed by atoms with E-state index in [-0.39, 0.29) is 0 Å². The van der Waals surface area contributed by atoms with Crippen molar-refractivity contribution in [1.29, 1.82) is 0 Å². The highest BCUT2D eigenvalue weighted by Gasteiger charge is 2.08. The number of benzene rings is 1. The molecule has 8 heteroatoms. The van der Waals surface area contributed by atoms with Crippen LogP contribution in [0.5, 0.6) is 11.5 Å². The topological polar surface area (TPSA) is 84.6 Å². The molecule has 0 radical (unpaired) electrons. The molecule has 2 rings (SSSR count). The van der Waals surface area contributed by atoms with Crippen LogP contribution in [0.4, 0.5) is 0 Å². The second kappa shape index (κ2) is 15.4. The highest BCUT2D eigenvalue weighted by Crippen LogP contribution is 2.28. The molecular formula is C23H36N2O6. The van der Waals surface area contributed by atoms with Gasteiger partial charge in [0.15, 0.2) is 11.5 Å². The average molecular weight is 437 g/mol. The molecule has 31 heavy (non-hydrogen) atoms. The SMILES string of the molecule is C=Cc1ccc(OCCN)c(OCCN(C)C=C2OCCOCCCCOCCO2)c1. The summed E-state index contributed by atoms with van der Waals surface area (Å²) in [7, 11) is 1.93. The zero-order chi connectivity index (χ0) is 22.2. The number of hydrogen-bond donors (Lipinski definition) is 1. The molecule has 2 N–H and O–H groups in total. The Hall–Kier alpha value is -2.42. The normalized spacial score (nSPS) is 15.9. The van der Waals surface area contributed by atoms with Crippen LogP contribution < -0.4 is 15.2 Å². The third kappa shape index (κ3) is 10.4. The lowest BCUT2D eigenvalue weighted by atomic mass is 10.2. The molecule has 0 atom stereocenters. The Morgan fingerprint density at radius 3 is 2.29 bits per heavy atom. The molecule has 1 aliphatic rings. The molecule has 1 aromatic rings. The monoisotopic (exact) mass is 436 g/mol. The number of rotatable bonds is 9. The lowest BCUT2D eigenvalue weighted by Gasteiger charge is -2.19. The molecule has 0 aliphatic carbocycles. The first-order valence-electron chi connectivity index (χ1n) is 10.8. The molecule has 174 valence electrons. The van der Waals surface area contributed by atoms with Crippen LogP contribution in [0.1, 0.15) is 18.4 Å². The van der Waals surface area contributed by atoms with Gasteiger partial charge in [-0.05, 0) is 30.5 Å². The molecule has 1 aromatic carbocycles. The minimum absolute atomic E-state index is 0.428. The fourth-order valence-electron chi connectivity index (χ4n) is 2.73. The summed E-state index contributed by atoms with van der Waals surface area (Å²) in [5, 5.41) is 0. The number of hydrogen-bond acceptors (Lipinski definition) is 8. The van der Waals surface area contributed by atoms with Gasteiger partial charge in [0.05, 0.1) is 26.0 Å². The number of likely N-dealkylation sites (N-methyl/N-ethyl adjacent to an activating group) is 1. The van der Waals surface area contributed by atoms with E-state index in [0.29, 0.717) is 83.4 Å². The van der Waals surface area contributed by atoms with E-state index in [2.05, 4.69) is 6.58 Å². The van der Waals surface area contributed by atoms with Crippen LogP contribution in [0.3, 0.4) is 0 Å². The first-order chi connectivity index (χ1) is 15.2. The van der Waals surface area contributed by atoms with Crippen LogP contribution in [0.15, 0.2) is 36.9 Å². The van der Waals surface area contributed by atoms with E-state index < -0.39 is 0 Å². The minimum atomic E-state index is 0.428. The summed E-state index contributed by atoms with van der Waals surface area (Å²) in [4.78, 5) is 1.95. The van der Waals surface area contributed by atoms with Crippen molar-refractivity contribution < 1.29 is 28.4 Å². The third-order valence-electron chi connectivity index (χ3n) is 4.38. The fraction of sp³-hybridized carbons (Fsp3) is 0.565. The van der Waals surface area contributed by atoms with Gasteiger partial charge in [0, 0.05) is 26.8 Å². The second-order valence-corrected chi connectivity index (χ2v) is 6.95. The molecule has 0 bridgehead atoms. The Morgan fingerprint density at radius 2 is 1.65 bits per heavy atom. The summed E-state index contributed by atoms with van der Waals surface area (Å²) in [6, 6.07) is 5.70. The zero-order valence-corrected chi connectivity index (χ0v) is 18.6. The first-order valence-corrected chi connectivity index (χ1v) is 10.8. The standard InChI is InChI=1S/C23H36N2O6/c1-3-20-6-7-21(28-12-8-24)22(18-20)29-13-9-25(2)19-23-30-16-14-26-10-4-5-11-27-15-17-31-23/h3,6-7,18-19H,1,4-5,8-17,24H2,2H3. The Balaban J connectivity index is 1.87. The Labute approximate surface area is 185 Å². The van der Waals surface area contributed by atoms with Gasteiger partial charge in [0.1, 0.15) is 26.4 Å². The summed E-state index contributed by atoms with van der Waals surface area (Å²) in [6.07, 6.45) is 5.56. The third-order valence-corrected chi connectivity index (χ3v) is 4.38. The minimum Gasteiger partial charge on any atom is -0.488 e. The first kappa shape index (κ1) is 24.8. The highest BCUT2D eigenvalue weighted by molar-refractivity contribution is 5.54. The van der Waals surface area contributed by atoms with Crippen LogP contribution in [0, 0.1) is 0 Å². The molecule has 0 unspecified atom stereocenters. The molecule has 1 heterocycles. The Kier molecular flexibility index (Phi) is 12.3. The van der Waals surface area contributed by atoms with Crippen molar-refractivity contribution in [3.8, 4) is 11.5 Å². The van der Waals surface area contributed by atoms with Gasteiger partial charge in [-0.3, -0.25) is 0 Å². The largest absolute Gasteiger partial charge is 0.488 e. The molecular weight excluding hydrogens is 400 g/mol. The fourth-order valence-corrected chi connectivity index (χ4v) is 2.73. The van der Waals surface area contributed by atoms with E-state index in [0.717, 1.165) is 18.4 Å². The van der Waals surface area contributed by atoms with Gasteiger partial charge in [-0.2, -0.15) is 0 Å². The lowest BCUT2D eigenvalue weighted by molar-refractivity contribution is -0.0119. The maximum absolute atomic E-state index is 5.96. The van der Waals surface area contributed by atoms with Crippen molar-refractivity contribution in [3.05, 3.63) is 42.5 Å². The van der Waals surface area contributed by atoms with E-state index in [9.17, 15) is 0 Å². The molecule has 0 saturated carbocycles. The van der Waals surface area contributed by atoms with Crippen molar-refractivity contribution in [2.75, 3.05) is 73.0 Å². The van der Waals surface area contributed by atoms with E-state index in [1.807, 2.05) is 36.3 Å². The molecule has 0 amide bonds. The number of nitrogens with two attached hydrogens (primary N) is 1. The molecule has 1 aliphatic heterocycles. The Morgan fingerprint density at radius 1 is 0.968 bits per heavy atom. The van der Waals surface area contributed by atoms with E-state index in [1.165, 1.54) is 0 Å². The van der Waals surface area contributed by atoms with Crippen LogP contribution in [0.25, 0.3) is 6.08 Å². The van der Waals surface area contributed by atoms with Crippen LogP contribution in [-0.4, -0.2) is 77.9 Å². The molecule has 0 aromatic heterocycles. The smallest absolute Gasteiger partial charge is 0.296 e. The average Bonchev–Trinajstić information content (AvgIpc) is 2.80. The number of nitrogens with zero attached hydrogens (tertiary/aromatic N) is 1. The summed E-state index contributed by atoms with van der Waals surface area (Å²) >= 11 is 0. The van der Waals surface area contributed by atoms with Crippen LogP contribution >= 0.6 is 0 Å². The van der Waals surface area contributed by atoms with Crippen molar-refractivity contribution >= 4 is 6.08 Å². The summed E-state index contributed by atoms with van der Waals surface area (Å²) in [6.45, 7) is 9.11. The second-order valence-electron chi connectivity index (χ2n) is 6.95. The highest BCUT2D eigenvalue weighted by atomic mass is 16.7. The summed E-state index contributed by atoms with van der Waals surface area (Å²) in [5.41, 5.74) is 6.50.